The lowest BCUT2D eigenvalue weighted by Gasteiger charge is -2.23. The summed E-state index contributed by atoms with van der Waals surface area (Å²) in [5, 5.41) is 4.59. The number of hydrogen-bond acceptors (Lipinski definition) is 4. The smallest absolute Gasteiger partial charge is 0.225 e. The van der Waals surface area contributed by atoms with E-state index >= 15 is 0 Å². The van der Waals surface area contributed by atoms with E-state index in [-0.39, 0.29) is 0 Å². The van der Waals surface area contributed by atoms with Crippen LogP contribution in [0.1, 0.15) is 31.2 Å². The number of para-hydroxylation sites is 1. The van der Waals surface area contributed by atoms with Gasteiger partial charge in [0.2, 0.25) is 5.95 Å². The Morgan fingerprint density at radius 2 is 1.54 bits per heavy atom. The molecular formula is C22H26N4. The number of fused-ring (bicyclic) bond motifs is 1. The van der Waals surface area contributed by atoms with Crippen molar-refractivity contribution in [2.24, 2.45) is 0 Å². The normalized spacial score (nSPS) is 15.0. The molecule has 4 heteroatoms. The van der Waals surface area contributed by atoms with Crippen molar-refractivity contribution in [3.63, 3.8) is 0 Å². The molecule has 26 heavy (non-hydrogen) atoms. The molecule has 0 atom stereocenters. The Labute approximate surface area is 155 Å². The molecule has 0 saturated carbocycles. The van der Waals surface area contributed by atoms with Crippen molar-refractivity contribution >= 4 is 22.7 Å². The zero-order chi connectivity index (χ0) is 17.6. The molecule has 3 aromatic rings. The maximum atomic E-state index is 4.90. The fraction of sp³-hybridized carbons (Fsp3) is 0.364. The zero-order valence-electron chi connectivity index (χ0n) is 15.2. The van der Waals surface area contributed by atoms with Crippen LogP contribution in [0.15, 0.2) is 54.6 Å². The molecule has 1 aromatic heterocycles. The zero-order valence-corrected chi connectivity index (χ0v) is 15.2. The van der Waals surface area contributed by atoms with Crippen LogP contribution in [0.5, 0.6) is 0 Å². The third-order valence-corrected chi connectivity index (χ3v) is 5.03. The second-order valence-corrected chi connectivity index (χ2v) is 6.95. The predicted octanol–water partition coefficient (Wildman–Crippen LogP) is 4.66. The molecule has 0 bridgehead atoms. The van der Waals surface area contributed by atoms with Gasteiger partial charge in [-0.25, -0.2) is 4.98 Å². The van der Waals surface area contributed by atoms with Crippen molar-refractivity contribution in [2.75, 3.05) is 29.9 Å². The first kappa shape index (κ1) is 16.8. The van der Waals surface area contributed by atoms with Crippen LogP contribution in [-0.4, -0.2) is 29.6 Å². The van der Waals surface area contributed by atoms with Gasteiger partial charge in [0.15, 0.2) is 0 Å². The number of benzene rings is 2. The van der Waals surface area contributed by atoms with Crippen LogP contribution in [-0.2, 0) is 6.42 Å². The van der Waals surface area contributed by atoms with Crippen molar-refractivity contribution in [2.45, 2.75) is 32.1 Å². The molecule has 0 spiro atoms. The molecule has 1 aliphatic heterocycles. The van der Waals surface area contributed by atoms with Crippen molar-refractivity contribution < 1.29 is 0 Å². The van der Waals surface area contributed by atoms with E-state index in [4.69, 9.17) is 9.97 Å². The number of aromatic nitrogens is 2. The first-order valence-electron chi connectivity index (χ1n) is 9.70. The highest BCUT2D eigenvalue weighted by Crippen LogP contribution is 2.27. The standard InChI is InChI=1S/C22H26N4/c1-2-9-17-26(16-8-1)21-19-12-6-7-13-20(19)24-22(25-21)23-15-14-18-10-4-3-5-11-18/h3-7,10-13H,1-2,8-9,14-17H2,(H,23,24,25). The summed E-state index contributed by atoms with van der Waals surface area (Å²) in [6.45, 7) is 3.01. The van der Waals surface area contributed by atoms with Gasteiger partial charge in [-0.15, -0.1) is 0 Å². The van der Waals surface area contributed by atoms with Crippen molar-refractivity contribution in [3.05, 3.63) is 60.2 Å². The highest BCUT2D eigenvalue weighted by atomic mass is 15.2. The molecule has 4 nitrogen and oxygen atoms in total. The van der Waals surface area contributed by atoms with Crippen molar-refractivity contribution in [1.29, 1.82) is 0 Å². The SMILES string of the molecule is c1ccc(CCNc2nc(N3CCCCCC3)c3ccccc3n2)cc1. The van der Waals surface area contributed by atoms with Crippen LogP contribution >= 0.6 is 0 Å². The van der Waals surface area contributed by atoms with Gasteiger partial charge in [0.05, 0.1) is 5.52 Å². The second kappa shape index (κ2) is 8.17. The van der Waals surface area contributed by atoms with E-state index in [1.807, 2.05) is 0 Å². The first-order valence-corrected chi connectivity index (χ1v) is 9.70. The molecule has 0 aliphatic carbocycles. The summed E-state index contributed by atoms with van der Waals surface area (Å²) in [6, 6.07) is 18.9. The fourth-order valence-corrected chi connectivity index (χ4v) is 3.63. The molecule has 1 fully saturated rings. The van der Waals surface area contributed by atoms with Gasteiger partial charge in [0, 0.05) is 25.0 Å². The highest BCUT2D eigenvalue weighted by molar-refractivity contribution is 5.90. The van der Waals surface area contributed by atoms with Gasteiger partial charge in [-0.3, -0.25) is 0 Å². The van der Waals surface area contributed by atoms with Gasteiger partial charge < -0.3 is 10.2 Å². The minimum atomic E-state index is 0.735. The molecule has 0 amide bonds. The van der Waals surface area contributed by atoms with Crippen LogP contribution in [0.4, 0.5) is 11.8 Å². The predicted molar refractivity (Wildman–Crippen MR) is 109 cm³/mol. The average molecular weight is 346 g/mol. The topological polar surface area (TPSA) is 41.1 Å². The van der Waals surface area contributed by atoms with Gasteiger partial charge in [0.25, 0.3) is 0 Å². The van der Waals surface area contributed by atoms with E-state index in [0.717, 1.165) is 48.7 Å². The Bertz CT molecular complexity index is 839. The number of anilines is 2. The third kappa shape index (κ3) is 3.96. The Hall–Kier alpha value is -2.62. The quantitative estimate of drug-likeness (QED) is 0.729. The van der Waals surface area contributed by atoms with Crippen molar-refractivity contribution in [3.8, 4) is 0 Å². The largest absolute Gasteiger partial charge is 0.356 e. The van der Waals surface area contributed by atoms with Gasteiger partial charge in [-0.2, -0.15) is 4.98 Å². The minimum absolute atomic E-state index is 0.735. The molecular weight excluding hydrogens is 320 g/mol. The lowest BCUT2D eigenvalue weighted by atomic mass is 10.1. The average Bonchev–Trinajstić information content (AvgIpc) is 2.98. The monoisotopic (exact) mass is 346 g/mol. The molecule has 4 rings (SSSR count). The van der Waals surface area contributed by atoms with E-state index in [1.165, 1.54) is 31.2 Å². The van der Waals surface area contributed by atoms with E-state index < -0.39 is 0 Å². The van der Waals surface area contributed by atoms with Crippen LogP contribution in [0.3, 0.4) is 0 Å². The summed E-state index contributed by atoms with van der Waals surface area (Å²) >= 11 is 0. The molecule has 0 unspecified atom stereocenters. The number of nitrogens with one attached hydrogen (secondary N) is 1. The Balaban J connectivity index is 1.56. The maximum Gasteiger partial charge on any atom is 0.225 e. The van der Waals surface area contributed by atoms with Crippen LogP contribution in [0, 0.1) is 0 Å². The number of hydrogen-bond donors (Lipinski definition) is 1. The summed E-state index contributed by atoms with van der Waals surface area (Å²) < 4.78 is 0. The van der Waals surface area contributed by atoms with Gasteiger partial charge in [-0.05, 0) is 37.0 Å². The molecule has 2 heterocycles. The molecule has 1 aliphatic rings. The van der Waals surface area contributed by atoms with Gasteiger partial charge in [0.1, 0.15) is 5.82 Å². The molecule has 1 saturated heterocycles. The van der Waals surface area contributed by atoms with Crippen LogP contribution < -0.4 is 10.2 Å². The number of nitrogens with zero attached hydrogens (tertiary/aromatic N) is 3. The van der Waals surface area contributed by atoms with Gasteiger partial charge in [-0.1, -0.05) is 55.3 Å². The van der Waals surface area contributed by atoms with Crippen molar-refractivity contribution in [1.82, 2.24) is 9.97 Å². The molecule has 2 aromatic carbocycles. The lowest BCUT2D eigenvalue weighted by Crippen LogP contribution is -2.25. The van der Waals surface area contributed by atoms with E-state index in [2.05, 4.69) is 64.8 Å². The lowest BCUT2D eigenvalue weighted by molar-refractivity contribution is 0.726. The van der Waals surface area contributed by atoms with Crippen LogP contribution in [0.2, 0.25) is 0 Å². The summed E-state index contributed by atoms with van der Waals surface area (Å²) in [4.78, 5) is 12.1. The summed E-state index contributed by atoms with van der Waals surface area (Å²) in [5.74, 6) is 1.82. The first-order chi connectivity index (χ1) is 12.9. The Kier molecular flexibility index (Phi) is 5.29. The third-order valence-electron chi connectivity index (χ3n) is 5.03. The second-order valence-electron chi connectivity index (χ2n) is 6.95. The highest BCUT2D eigenvalue weighted by Gasteiger charge is 2.16. The van der Waals surface area contributed by atoms with E-state index in [1.54, 1.807) is 0 Å². The molecule has 0 radical (unpaired) electrons. The summed E-state index contributed by atoms with van der Waals surface area (Å²) in [5.41, 5.74) is 2.34. The summed E-state index contributed by atoms with van der Waals surface area (Å²) in [6.07, 6.45) is 6.10. The maximum absolute atomic E-state index is 4.90. The minimum Gasteiger partial charge on any atom is -0.356 e. The van der Waals surface area contributed by atoms with Gasteiger partial charge >= 0.3 is 0 Å². The van der Waals surface area contributed by atoms with E-state index in [9.17, 15) is 0 Å². The fourth-order valence-electron chi connectivity index (χ4n) is 3.63. The Morgan fingerprint density at radius 1 is 0.808 bits per heavy atom. The summed E-state index contributed by atoms with van der Waals surface area (Å²) in [7, 11) is 0. The molecule has 134 valence electrons. The van der Waals surface area contributed by atoms with Crippen LogP contribution in [0.25, 0.3) is 10.9 Å². The molecule has 1 N–H and O–H groups in total. The Morgan fingerprint density at radius 3 is 2.35 bits per heavy atom. The van der Waals surface area contributed by atoms with E-state index in [0.29, 0.717) is 0 Å². The number of rotatable bonds is 5.